The molecule has 0 bridgehead atoms. The Labute approximate surface area is 113 Å². The third-order valence-corrected chi connectivity index (χ3v) is 3.03. The molecule has 0 aromatic heterocycles. The summed E-state index contributed by atoms with van der Waals surface area (Å²) >= 11 is 0. The monoisotopic (exact) mass is 249 g/mol. The van der Waals surface area contributed by atoms with E-state index in [2.05, 4.69) is 6.07 Å². The molecule has 0 radical (unpaired) electrons. The molecule has 19 heavy (non-hydrogen) atoms. The number of hydrogen-bond acceptors (Lipinski definition) is 2. The van der Waals surface area contributed by atoms with Crippen LogP contribution < -0.4 is 0 Å². The first-order valence-corrected chi connectivity index (χ1v) is 6.15. The zero-order chi connectivity index (χ0) is 13.7. The van der Waals surface area contributed by atoms with Crippen molar-refractivity contribution >= 4 is 6.08 Å². The van der Waals surface area contributed by atoms with Crippen molar-refractivity contribution in [3.8, 4) is 11.8 Å². The molecule has 94 valence electrons. The molecule has 0 fully saturated rings. The lowest BCUT2D eigenvalue weighted by Crippen LogP contribution is -1.87. The maximum absolute atomic E-state index is 9.79. The third-order valence-electron chi connectivity index (χ3n) is 3.03. The first kappa shape index (κ1) is 12.9. The predicted octanol–water partition coefficient (Wildman–Crippen LogP) is 3.83. The van der Waals surface area contributed by atoms with Crippen LogP contribution in [0.15, 0.2) is 48.5 Å². The van der Waals surface area contributed by atoms with Gasteiger partial charge in [0, 0.05) is 5.56 Å². The first-order chi connectivity index (χ1) is 9.20. The summed E-state index contributed by atoms with van der Waals surface area (Å²) in [6.07, 6.45) is 4.64. The molecule has 0 atom stereocenters. The van der Waals surface area contributed by atoms with Crippen molar-refractivity contribution in [3.05, 3.63) is 70.8 Å². The van der Waals surface area contributed by atoms with Crippen molar-refractivity contribution in [2.24, 2.45) is 0 Å². The molecule has 2 nitrogen and oxygen atoms in total. The van der Waals surface area contributed by atoms with Gasteiger partial charge in [-0.2, -0.15) is 5.26 Å². The van der Waals surface area contributed by atoms with Crippen LogP contribution in [0.25, 0.3) is 6.08 Å². The van der Waals surface area contributed by atoms with E-state index < -0.39 is 0 Å². The van der Waals surface area contributed by atoms with Gasteiger partial charge in [0.05, 0.1) is 11.6 Å². The van der Waals surface area contributed by atoms with Gasteiger partial charge in [0.2, 0.25) is 0 Å². The molecule has 0 heterocycles. The van der Waals surface area contributed by atoms with Crippen molar-refractivity contribution in [3.63, 3.8) is 0 Å². The van der Waals surface area contributed by atoms with E-state index in [1.807, 2.05) is 49.4 Å². The van der Waals surface area contributed by atoms with Crippen molar-refractivity contribution in [2.45, 2.75) is 13.3 Å². The highest BCUT2D eigenvalue weighted by molar-refractivity contribution is 5.53. The van der Waals surface area contributed by atoms with Gasteiger partial charge in [-0.1, -0.05) is 36.4 Å². The average Bonchev–Trinajstić information content (AvgIpc) is 2.42. The lowest BCUT2D eigenvalue weighted by atomic mass is 10.0. The van der Waals surface area contributed by atoms with Gasteiger partial charge in [0.25, 0.3) is 0 Å². The Morgan fingerprint density at radius 2 is 2.00 bits per heavy atom. The molecule has 1 N–H and O–H groups in total. The summed E-state index contributed by atoms with van der Waals surface area (Å²) in [6, 6.07) is 15.1. The first-order valence-electron chi connectivity index (χ1n) is 6.15. The Kier molecular flexibility index (Phi) is 4.00. The number of phenols is 1. The molecule has 0 aliphatic carbocycles. The Hall–Kier alpha value is -2.53. The maximum Gasteiger partial charge on any atom is 0.119 e. The van der Waals surface area contributed by atoms with Crippen molar-refractivity contribution < 1.29 is 5.11 Å². The van der Waals surface area contributed by atoms with E-state index in [0.29, 0.717) is 17.7 Å². The summed E-state index contributed by atoms with van der Waals surface area (Å²) in [5, 5.41) is 18.6. The minimum Gasteiger partial charge on any atom is -0.508 e. The van der Waals surface area contributed by atoms with E-state index in [1.165, 1.54) is 0 Å². The molecule has 2 rings (SSSR count). The fourth-order valence-electron chi connectivity index (χ4n) is 1.98. The van der Waals surface area contributed by atoms with E-state index in [4.69, 9.17) is 5.26 Å². The van der Waals surface area contributed by atoms with Crippen molar-refractivity contribution in [1.29, 1.82) is 5.26 Å². The Morgan fingerprint density at radius 3 is 2.74 bits per heavy atom. The molecule has 0 aliphatic rings. The van der Waals surface area contributed by atoms with Gasteiger partial charge in [-0.05, 0) is 42.7 Å². The maximum atomic E-state index is 9.79. The summed E-state index contributed by atoms with van der Waals surface area (Å²) in [5.41, 5.74) is 3.67. The molecule has 0 aliphatic heterocycles. The highest BCUT2D eigenvalue weighted by Crippen LogP contribution is 2.21. The summed E-state index contributed by atoms with van der Waals surface area (Å²) < 4.78 is 0. The van der Waals surface area contributed by atoms with Gasteiger partial charge < -0.3 is 5.11 Å². The molecule has 0 unspecified atom stereocenters. The van der Waals surface area contributed by atoms with Crippen LogP contribution in [0.3, 0.4) is 0 Å². The van der Waals surface area contributed by atoms with Crippen LogP contribution >= 0.6 is 0 Å². The van der Waals surface area contributed by atoms with E-state index >= 15 is 0 Å². The summed E-state index contributed by atoms with van der Waals surface area (Å²) in [6.45, 7) is 1.99. The largest absolute Gasteiger partial charge is 0.508 e. The average molecular weight is 249 g/mol. The summed E-state index contributed by atoms with van der Waals surface area (Å²) in [7, 11) is 0. The number of aryl methyl sites for hydroxylation is 1. The van der Waals surface area contributed by atoms with Gasteiger partial charge in [0.1, 0.15) is 5.75 Å². The number of allylic oxidation sites excluding steroid dienone is 1. The second-order valence-corrected chi connectivity index (χ2v) is 4.42. The zero-order valence-corrected chi connectivity index (χ0v) is 10.8. The fourth-order valence-corrected chi connectivity index (χ4v) is 1.98. The fraction of sp³-hybridized carbons (Fsp3) is 0.118. The number of benzene rings is 2. The smallest absolute Gasteiger partial charge is 0.119 e. The van der Waals surface area contributed by atoms with Gasteiger partial charge in [-0.3, -0.25) is 0 Å². The minimum atomic E-state index is 0.329. The quantitative estimate of drug-likeness (QED) is 0.898. The molecule has 0 saturated carbocycles. The van der Waals surface area contributed by atoms with Crippen molar-refractivity contribution in [1.82, 2.24) is 0 Å². The Bertz CT molecular complexity index is 630. The van der Waals surface area contributed by atoms with Crippen LogP contribution in [-0.2, 0) is 6.42 Å². The Balaban J connectivity index is 2.14. The minimum absolute atomic E-state index is 0.329. The second-order valence-electron chi connectivity index (χ2n) is 4.42. The number of rotatable bonds is 3. The number of nitrogens with zero attached hydrogens (tertiary/aromatic N) is 1. The molecule has 2 aromatic rings. The van der Waals surface area contributed by atoms with Gasteiger partial charge in [-0.25, -0.2) is 0 Å². The number of hydrogen-bond donors (Lipinski definition) is 1. The van der Waals surface area contributed by atoms with Crippen LogP contribution in [0.4, 0.5) is 0 Å². The van der Waals surface area contributed by atoms with Crippen LogP contribution in [0.1, 0.15) is 22.3 Å². The Morgan fingerprint density at radius 1 is 1.21 bits per heavy atom. The third kappa shape index (κ3) is 3.23. The molecular formula is C17H15NO. The SMILES string of the molecule is Cc1cccc(O)c1C/C=C/c1cccc(C#N)c1. The molecule has 2 heteroatoms. The van der Waals surface area contributed by atoms with Crippen LogP contribution in [0.2, 0.25) is 0 Å². The van der Waals surface area contributed by atoms with Crippen LogP contribution in [-0.4, -0.2) is 5.11 Å². The highest BCUT2D eigenvalue weighted by atomic mass is 16.3. The molecule has 0 spiro atoms. The number of nitriles is 1. The highest BCUT2D eigenvalue weighted by Gasteiger charge is 2.01. The van der Waals surface area contributed by atoms with Crippen LogP contribution in [0, 0.1) is 18.3 Å². The number of aromatic hydroxyl groups is 1. The van der Waals surface area contributed by atoms with Crippen LogP contribution in [0.5, 0.6) is 5.75 Å². The molecule has 0 saturated heterocycles. The zero-order valence-electron chi connectivity index (χ0n) is 10.8. The standard InChI is InChI=1S/C17H15NO/c1-13-5-2-10-17(19)16(13)9-4-7-14-6-3-8-15(11-14)12-18/h2-8,10-11,19H,9H2,1H3/b7-4+. The van der Waals surface area contributed by atoms with Crippen molar-refractivity contribution in [2.75, 3.05) is 0 Å². The van der Waals surface area contributed by atoms with E-state index in [9.17, 15) is 5.11 Å². The molecule has 0 amide bonds. The van der Waals surface area contributed by atoms with Gasteiger partial charge in [0.15, 0.2) is 0 Å². The topological polar surface area (TPSA) is 44.0 Å². The normalized spacial score (nSPS) is 10.5. The van der Waals surface area contributed by atoms with E-state index in [1.54, 1.807) is 12.1 Å². The van der Waals surface area contributed by atoms with E-state index in [0.717, 1.165) is 16.7 Å². The second kappa shape index (κ2) is 5.88. The molecular weight excluding hydrogens is 234 g/mol. The molecule has 2 aromatic carbocycles. The number of phenolic OH excluding ortho intramolecular Hbond substituents is 1. The predicted molar refractivity (Wildman–Crippen MR) is 76.7 cm³/mol. The van der Waals surface area contributed by atoms with Gasteiger partial charge >= 0.3 is 0 Å². The lowest BCUT2D eigenvalue weighted by Gasteiger charge is -2.05. The summed E-state index contributed by atoms with van der Waals surface area (Å²) in [4.78, 5) is 0. The van der Waals surface area contributed by atoms with Gasteiger partial charge in [-0.15, -0.1) is 0 Å². The summed E-state index contributed by atoms with van der Waals surface area (Å²) in [5.74, 6) is 0.329. The van der Waals surface area contributed by atoms with E-state index in [-0.39, 0.29) is 0 Å². The lowest BCUT2D eigenvalue weighted by molar-refractivity contribution is 0.469.